The Balaban J connectivity index is 1.95. The molecule has 0 aromatic heterocycles. The summed E-state index contributed by atoms with van der Waals surface area (Å²) in [5.74, 6) is -0.368. The van der Waals surface area contributed by atoms with Crippen molar-refractivity contribution in [1.29, 1.82) is 0 Å². The molecule has 5 heteroatoms. The van der Waals surface area contributed by atoms with Crippen LogP contribution in [0.4, 0.5) is 10.1 Å². The van der Waals surface area contributed by atoms with Crippen molar-refractivity contribution < 1.29 is 9.18 Å². The first-order chi connectivity index (χ1) is 9.54. The van der Waals surface area contributed by atoms with Gasteiger partial charge in [-0.1, -0.05) is 39.7 Å². The van der Waals surface area contributed by atoms with Crippen LogP contribution in [-0.4, -0.2) is 5.91 Å². The Hall–Kier alpha value is -1.39. The fourth-order valence-corrected chi connectivity index (χ4v) is 2.82. The Kier molecular flexibility index (Phi) is 3.52. The Morgan fingerprint density at radius 2 is 2.05 bits per heavy atom. The number of fused-ring (bicyclic) bond motifs is 1. The molecule has 0 radical (unpaired) electrons. The van der Waals surface area contributed by atoms with Gasteiger partial charge in [-0.15, -0.1) is 0 Å². The number of amides is 1. The van der Waals surface area contributed by atoms with E-state index in [0.29, 0.717) is 21.5 Å². The number of anilines is 1. The molecule has 1 aliphatic heterocycles. The lowest BCUT2D eigenvalue weighted by molar-refractivity contribution is -0.117. The maximum absolute atomic E-state index is 13.9. The topological polar surface area (TPSA) is 20.3 Å². The fraction of sp³-hybridized carbons (Fsp3) is 0.133. The Morgan fingerprint density at radius 1 is 1.25 bits per heavy atom. The summed E-state index contributed by atoms with van der Waals surface area (Å²) >= 11 is 9.19. The lowest BCUT2D eigenvalue weighted by Gasteiger charge is -2.18. The second kappa shape index (κ2) is 5.19. The number of hydrogen-bond acceptors (Lipinski definition) is 1. The summed E-state index contributed by atoms with van der Waals surface area (Å²) in [5.41, 5.74) is 2.18. The first-order valence-electron chi connectivity index (χ1n) is 6.07. The zero-order valence-electron chi connectivity index (χ0n) is 10.4. The van der Waals surface area contributed by atoms with Gasteiger partial charge in [0.1, 0.15) is 5.82 Å². The molecule has 0 bridgehead atoms. The smallest absolute Gasteiger partial charge is 0.231 e. The molecular formula is C15H10BrClFNO. The number of halogens is 3. The summed E-state index contributed by atoms with van der Waals surface area (Å²) in [7, 11) is 0. The predicted molar refractivity (Wildman–Crippen MR) is 80.4 cm³/mol. The SMILES string of the molecule is O=C1Cc2ccc(Cl)cc2N1Cc1ccc(Br)cc1F. The normalized spacial score (nSPS) is 13.8. The number of nitrogens with zero attached hydrogens (tertiary/aromatic N) is 1. The molecule has 0 saturated carbocycles. The Morgan fingerprint density at radius 3 is 2.80 bits per heavy atom. The first kappa shape index (κ1) is 13.6. The minimum Gasteiger partial charge on any atom is -0.307 e. The molecule has 1 aliphatic rings. The van der Waals surface area contributed by atoms with Crippen LogP contribution in [0.25, 0.3) is 0 Å². The van der Waals surface area contributed by atoms with Crippen molar-refractivity contribution in [2.75, 3.05) is 4.90 Å². The second-order valence-electron chi connectivity index (χ2n) is 4.67. The molecule has 2 aromatic rings. The number of benzene rings is 2. The van der Waals surface area contributed by atoms with E-state index in [-0.39, 0.29) is 18.3 Å². The van der Waals surface area contributed by atoms with E-state index in [1.165, 1.54) is 6.07 Å². The number of carbonyl (C=O) groups is 1. The first-order valence-corrected chi connectivity index (χ1v) is 7.24. The summed E-state index contributed by atoms with van der Waals surface area (Å²) in [6, 6.07) is 10.2. The minimum absolute atomic E-state index is 0.0374. The Labute approximate surface area is 129 Å². The predicted octanol–water partition coefficient (Wildman–Crippen LogP) is 4.33. The molecule has 0 N–H and O–H groups in total. The molecule has 0 unspecified atom stereocenters. The quantitative estimate of drug-likeness (QED) is 0.786. The monoisotopic (exact) mass is 353 g/mol. The molecule has 20 heavy (non-hydrogen) atoms. The molecule has 0 aliphatic carbocycles. The zero-order chi connectivity index (χ0) is 14.3. The Bertz CT molecular complexity index is 704. The summed E-state index contributed by atoms with van der Waals surface area (Å²) < 4.78 is 14.6. The maximum atomic E-state index is 13.9. The van der Waals surface area contributed by atoms with E-state index in [1.807, 2.05) is 6.07 Å². The highest BCUT2D eigenvalue weighted by atomic mass is 79.9. The molecule has 1 heterocycles. The highest BCUT2D eigenvalue weighted by Crippen LogP contribution is 2.33. The van der Waals surface area contributed by atoms with Crippen LogP contribution < -0.4 is 4.90 Å². The van der Waals surface area contributed by atoms with E-state index < -0.39 is 0 Å². The van der Waals surface area contributed by atoms with Gasteiger partial charge in [0.25, 0.3) is 0 Å². The van der Waals surface area contributed by atoms with E-state index in [0.717, 1.165) is 11.3 Å². The molecule has 0 atom stereocenters. The van der Waals surface area contributed by atoms with Crippen molar-refractivity contribution in [3.8, 4) is 0 Å². The number of rotatable bonds is 2. The third-order valence-electron chi connectivity index (χ3n) is 3.32. The van der Waals surface area contributed by atoms with Crippen LogP contribution in [0.3, 0.4) is 0 Å². The van der Waals surface area contributed by atoms with Crippen molar-refractivity contribution in [3.05, 3.63) is 62.8 Å². The minimum atomic E-state index is -0.331. The van der Waals surface area contributed by atoms with Crippen molar-refractivity contribution in [1.82, 2.24) is 0 Å². The zero-order valence-corrected chi connectivity index (χ0v) is 12.7. The highest BCUT2D eigenvalue weighted by molar-refractivity contribution is 9.10. The highest BCUT2D eigenvalue weighted by Gasteiger charge is 2.28. The second-order valence-corrected chi connectivity index (χ2v) is 6.02. The summed E-state index contributed by atoms with van der Waals surface area (Å²) in [4.78, 5) is 13.7. The van der Waals surface area contributed by atoms with Gasteiger partial charge in [0.15, 0.2) is 0 Å². The third-order valence-corrected chi connectivity index (χ3v) is 4.05. The fourth-order valence-electron chi connectivity index (χ4n) is 2.32. The van der Waals surface area contributed by atoms with Gasteiger partial charge in [0.2, 0.25) is 5.91 Å². The van der Waals surface area contributed by atoms with Crippen LogP contribution in [0.15, 0.2) is 40.9 Å². The lowest BCUT2D eigenvalue weighted by Crippen LogP contribution is -2.26. The average molecular weight is 355 g/mol. The largest absolute Gasteiger partial charge is 0.307 e. The van der Waals surface area contributed by atoms with Crippen molar-refractivity contribution >= 4 is 39.1 Å². The van der Waals surface area contributed by atoms with E-state index in [4.69, 9.17) is 11.6 Å². The van der Waals surface area contributed by atoms with Crippen molar-refractivity contribution in [2.24, 2.45) is 0 Å². The number of hydrogen-bond donors (Lipinski definition) is 0. The van der Waals surface area contributed by atoms with Crippen LogP contribution in [0.5, 0.6) is 0 Å². The third kappa shape index (κ3) is 2.45. The molecule has 2 nitrogen and oxygen atoms in total. The van der Waals surface area contributed by atoms with Crippen LogP contribution in [0, 0.1) is 5.82 Å². The summed E-state index contributed by atoms with van der Waals surface area (Å²) in [5, 5.41) is 0.569. The van der Waals surface area contributed by atoms with Crippen LogP contribution >= 0.6 is 27.5 Å². The van der Waals surface area contributed by atoms with Crippen molar-refractivity contribution in [3.63, 3.8) is 0 Å². The molecule has 0 fully saturated rings. The molecule has 2 aromatic carbocycles. The van der Waals surface area contributed by atoms with Gasteiger partial charge in [-0.2, -0.15) is 0 Å². The summed E-state index contributed by atoms with van der Waals surface area (Å²) in [6.45, 7) is 0.214. The van der Waals surface area contributed by atoms with E-state index in [2.05, 4.69) is 15.9 Å². The van der Waals surface area contributed by atoms with Gasteiger partial charge in [-0.25, -0.2) is 4.39 Å². The average Bonchev–Trinajstić information content (AvgIpc) is 2.69. The molecule has 1 amide bonds. The van der Waals surface area contributed by atoms with E-state index in [9.17, 15) is 9.18 Å². The standard InChI is InChI=1S/C15H10BrClFNO/c16-11-3-1-10(13(18)6-11)8-19-14-7-12(17)4-2-9(14)5-15(19)20/h1-4,6-7H,5,8H2. The van der Waals surface area contributed by atoms with Gasteiger partial charge in [-0.05, 0) is 29.8 Å². The molecule has 3 rings (SSSR count). The molecule has 0 saturated heterocycles. The molecule has 102 valence electrons. The van der Waals surface area contributed by atoms with Crippen LogP contribution in [-0.2, 0) is 17.8 Å². The lowest BCUT2D eigenvalue weighted by atomic mass is 10.1. The maximum Gasteiger partial charge on any atom is 0.231 e. The number of carbonyl (C=O) groups excluding carboxylic acids is 1. The van der Waals surface area contributed by atoms with Gasteiger partial charge in [0.05, 0.1) is 13.0 Å². The van der Waals surface area contributed by atoms with Crippen LogP contribution in [0.2, 0.25) is 5.02 Å². The molecule has 0 spiro atoms. The van der Waals surface area contributed by atoms with E-state index in [1.54, 1.807) is 29.2 Å². The van der Waals surface area contributed by atoms with Crippen molar-refractivity contribution in [2.45, 2.75) is 13.0 Å². The van der Waals surface area contributed by atoms with Gasteiger partial charge >= 0.3 is 0 Å². The van der Waals surface area contributed by atoms with E-state index >= 15 is 0 Å². The van der Waals surface area contributed by atoms with Gasteiger partial charge in [0, 0.05) is 20.7 Å². The summed E-state index contributed by atoms with van der Waals surface area (Å²) in [6.07, 6.45) is 0.338. The van der Waals surface area contributed by atoms with Crippen LogP contribution in [0.1, 0.15) is 11.1 Å². The van der Waals surface area contributed by atoms with Gasteiger partial charge in [-0.3, -0.25) is 4.79 Å². The van der Waals surface area contributed by atoms with Gasteiger partial charge < -0.3 is 4.90 Å². The molecular weight excluding hydrogens is 345 g/mol.